The molecule has 1 aromatic heterocycles. The summed E-state index contributed by atoms with van der Waals surface area (Å²) in [5.74, 6) is 0.218. The first-order chi connectivity index (χ1) is 14.5. The van der Waals surface area contributed by atoms with Gasteiger partial charge in [0.1, 0.15) is 0 Å². The number of carboxylic acids is 1. The first kappa shape index (κ1) is 22.7. The van der Waals surface area contributed by atoms with Gasteiger partial charge in [-0.15, -0.1) is 0 Å². The van der Waals surface area contributed by atoms with Crippen LogP contribution in [0, 0.1) is 17.8 Å². The number of likely N-dealkylation sites (tertiary alicyclic amines) is 1. The minimum atomic E-state index is -0.722. The Bertz CT molecular complexity index is 676. The predicted molar refractivity (Wildman–Crippen MR) is 117 cm³/mol. The zero-order chi connectivity index (χ0) is 21.3. The molecular weight excluding hydrogens is 378 g/mol. The number of amides is 1. The maximum atomic E-state index is 13.0. The Morgan fingerprint density at radius 1 is 1.13 bits per heavy atom. The van der Waals surface area contributed by atoms with E-state index in [1.807, 2.05) is 29.3 Å². The van der Waals surface area contributed by atoms with Crippen LogP contribution in [0.5, 0.6) is 0 Å². The largest absolute Gasteiger partial charge is 0.481 e. The van der Waals surface area contributed by atoms with Gasteiger partial charge >= 0.3 is 5.97 Å². The Hall–Kier alpha value is -1.95. The molecule has 1 amide bonds. The minimum Gasteiger partial charge on any atom is -0.481 e. The number of carboxylic acid groups (broad SMARTS) is 1. The molecule has 1 saturated carbocycles. The van der Waals surface area contributed by atoms with Crippen molar-refractivity contribution in [2.45, 2.75) is 57.8 Å². The topological polar surface area (TPSA) is 73.7 Å². The van der Waals surface area contributed by atoms with Crippen molar-refractivity contribution in [1.82, 2.24) is 14.8 Å². The number of rotatable bonds is 9. The van der Waals surface area contributed by atoms with Crippen molar-refractivity contribution in [3.05, 3.63) is 30.1 Å². The Labute approximate surface area is 180 Å². The molecule has 30 heavy (non-hydrogen) atoms. The molecule has 1 saturated heterocycles. The highest BCUT2D eigenvalue weighted by Crippen LogP contribution is 2.32. The highest BCUT2D eigenvalue weighted by atomic mass is 16.4. The van der Waals surface area contributed by atoms with Gasteiger partial charge in [0, 0.05) is 50.3 Å². The van der Waals surface area contributed by atoms with Crippen LogP contribution in [0.25, 0.3) is 0 Å². The van der Waals surface area contributed by atoms with E-state index in [4.69, 9.17) is 0 Å². The van der Waals surface area contributed by atoms with Crippen LogP contribution in [0.4, 0.5) is 0 Å². The van der Waals surface area contributed by atoms with Gasteiger partial charge in [-0.25, -0.2) is 0 Å². The molecule has 1 aliphatic carbocycles. The lowest BCUT2D eigenvalue weighted by atomic mass is 9.80. The molecular formula is C24H37N3O3. The third-order valence-electron chi connectivity index (χ3n) is 6.95. The molecule has 0 bridgehead atoms. The molecule has 0 aromatic carbocycles. The fraction of sp³-hybridized carbons (Fsp3) is 0.708. The van der Waals surface area contributed by atoms with Crippen molar-refractivity contribution in [2.75, 3.05) is 33.2 Å². The number of carbonyl (C=O) groups is 2. The molecule has 0 spiro atoms. The highest BCUT2D eigenvalue weighted by molar-refractivity contribution is 5.79. The molecule has 166 valence electrons. The minimum absolute atomic E-state index is 0.169. The van der Waals surface area contributed by atoms with E-state index in [1.54, 1.807) is 0 Å². The fourth-order valence-electron chi connectivity index (χ4n) is 5.06. The molecule has 1 aromatic rings. The Kier molecular flexibility index (Phi) is 8.67. The SMILES string of the molecule is CN(CCc1ccccn1)CC[C@@H]1CN(C(=O)C2CCCCC2)CC[C@H]1CC(=O)O. The van der Waals surface area contributed by atoms with Gasteiger partial charge in [-0.05, 0) is 63.2 Å². The molecule has 3 rings (SSSR count). The average Bonchev–Trinajstić information content (AvgIpc) is 2.77. The van der Waals surface area contributed by atoms with E-state index in [9.17, 15) is 14.7 Å². The summed E-state index contributed by atoms with van der Waals surface area (Å²) in [5.41, 5.74) is 1.09. The van der Waals surface area contributed by atoms with Crippen LogP contribution in [0.15, 0.2) is 24.4 Å². The third kappa shape index (κ3) is 6.79. The number of carbonyl (C=O) groups excluding carboxylic acids is 1. The van der Waals surface area contributed by atoms with Crippen LogP contribution in [0.3, 0.4) is 0 Å². The summed E-state index contributed by atoms with van der Waals surface area (Å²) in [5, 5.41) is 9.35. The van der Waals surface area contributed by atoms with Gasteiger partial charge in [-0.1, -0.05) is 25.3 Å². The van der Waals surface area contributed by atoms with Crippen LogP contribution in [0.1, 0.15) is 57.1 Å². The van der Waals surface area contributed by atoms with Gasteiger partial charge in [-0.3, -0.25) is 14.6 Å². The second kappa shape index (κ2) is 11.4. The second-order valence-corrected chi connectivity index (χ2v) is 9.19. The molecule has 1 aliphatic heterocycles. The van der Waals surface area contributed by atoms with E-state index in [1.165, 1.54) is 6.42 Å². The molecule has 1 N–H and O–H groups in total. The summed E-state index contributed by atoms with van der Waals surface area (Å²) in [6, 6.07) is 5.99. The molecule has 0 unspecified atom stereocenters. The second-order valence-electron chi connectivity index (χ2n) is 9.19. The molecule has 6 heteroatoms. The van der Waals surface area contributed by atoms with E-state index in [-0.39, 0.29) is 24.2 Å². The molecule has 0 radical (unpaired) electrons. The highest BCUT2D eigenvalue weighted by Gasteiger charge is 2.35. The number of likely N-dealkylation sites (N-methyl/N-ethyl adjacent to an activating group) is 1. The summed E-state index contributed by atoms with van der Waals surface area (Å²) < 4.78 is 0. The standard InChI is InChI=1S/C24H37N3O3/c1-26(15-12-22-9-5-6-13-25-22)14-10-21-18-27(16-11-20(21)17-23(28)29)24(30)19-7-3-2-4-8-19/h5-6,9,13,19-21H,2-4,7-8,10-12,14-18H2,1H3,(H,28,29)/t20-,21+/m0/s1. The third-order valence-corrected chi connectivity index (χ3v) is 6.95. The van der Waals surface area contributed by atoms with E-state index in [0.29, 0.717) is 5.91 Å². The Morgan fingerprint density at radius 3 is 2.63 bits per heavy atom. The van der Waals surface area contributed by atoms with Crippen molar-refractivity contribution in [2.24, 2.45) is 17.8 Å². The lowest BCUT2D eigenvalue weighted by Gasteiger charge is -2.40. The predicted octanol–water partition coefficient (Wildman–Crippen LogP) is 3.47. The number of hydrogen-bond donors (Lipinski definition) is 1. The molecule has 2 fully saturated rings. The van der Waals surface area contributed by atoms with Crippen molar-refractivity contribution >= 4 is 11.9 Å². The maximum Gasteiger partial charge on any atom is 0.303 e. The summed E-state index contributed by atoms with van der Waals surface area (Å²) in [6.07, 6.45) is 10.3. The van der Waals surface area contributed by atoms with Crippen LogP contribution >= 0.6 is 0 Å². The van der Waals surface area contributed by atoms with Crippen LogP contribution < -0.4 is 0 Å². The van der Waals surface area contributed by atoms with Crippen LogP contribution in [-0.2, 0) is 16.0 Å². The molecule has 2 atom stereocenters. The van der Waals surface area contributed by atoms with Gasteiger partial charge < -0.3 is 14.9 Å². The van der Waals surface area contributed by atoms with E-state index < -0.39 is 5.97 Å². The zero-order valence-electron chi connectivity index (χ0n) is 18.3. The maximum absolute atomic E-state index is 13.0. The molecule has 6 nitrogen and oxygen atoms in total. The van der Waals surface area contributed by atoms with Crippen LogP contribution in [0.2, 0.25) is 0 Å². The fourth-order valence-corrected chi connectivity index (χ4v) is 5.06. The zero-order valence-corrected chi connectivity index (χ0v) is 18.3. The van der Waals surface area contributed by atoms with E-state index >= 15 is 0 Å². The van der Waals surface area contributed by atoms with Gasteiger partial charge in [0.05, 0.1) is 0 Å². The smallest absolute Gasteiger partial charge is 0.303 e. The monoisotopic (exact) mass is 415 g/mol. The Balaban J connectivity index is 1.52. The first-order valence-electron chi connectivity index (χ1n) is 11.6. The summed E-state index contributed by atoms with van der Waals surface area (Å²) in [6.45, 7) is 3.29. The number of aliphatic carboxylic acids is 1. The number of nitrogens with zero attached hydrogens (tertiary/aromatic N) is 3. The van der Waals surface area contributed by atoms with Gasteiger partial charge in [0.15, 0.2) is 0 Å². The van der Waals surface area contributed by atoms with Gasteiger partial charge in [0.2, 0.25) is 5.91 Å². The van der Waals surface area contributed by atoms with E-state index in [0.717, 1.165) is 76.8 Å². The summed E-state index contributed by atoms with van der Waals surface area (Å²) in [7, 11) is 2.11. The average molecular weight is 416 g/mol. The first-order valence-corrected chi connectivity index (χ1v) is 11.6. The lowest BCUT2D eigenvalue weighted by molar-refractivity contribution is -0.141. The van der Waals surface area contributed by atoms with Gasteiger partial charge in [0.25, 0.3) is 0 Å². The quantitative estimate of drug-likeness (QED) is 0.669. The summed E-state index contributed by atoms with van der Waals surface area (Å²) in [4.78, 5) is 33.1. The summed E-state index contributed by atoms with van der Waals surface area (Å²) >= 11 is 0. The van der Waals surface area contributed by atoms with Crippen molar-refractivity contribution < 1.29 is 14.7 Å². The van der Waals surface area contributed by atoms with Crippen LogP contribution in [-0.4, -0.2) is 65.0 Å². The van der Waals surface area contributed by atoms with Crippen molar-refractivity contribution in [1.29, 1.82) is 0 Å². The number of pyridine rings is 1. The number of aromatic nitrogens is 1. The van der Waals surface area contributed by atoms with E-state index in [2.05, 4.69) is 16.9 Å². The molecule has 2 aliphatic rings. The molecule has 2 heterocycles. The van der Waals surface area contributed by atoms with Gasteiger partial charge in [-0.2, -0.15) is 0 Å². The number of piperidine rings is 1. The van der Waals surface area contributed by atoms with Crippen molar-refractivity contribution in [3.8, 4) is 0 Å². The Morgan fingerprint density at radius 2 is 1.93 bits per heavy atom. The van der Waals surface area contributed by atoms with Crippen molar-refractivity contribution in [3.63, 3.8) is 0 Å². The number of hydrogen-bond acceptors (Lipinski definition) is 4. The normalized spacial score (nSPS) is 22.9. The lowest BCUT2D eigenvalue weighted by Crippen LogP contribution is -2.47.